The molecular formula is C37H43N3O4S. The van der Waals surface area contributed by atoms with Crippen LogP contribution in [0, 0.1) is 6.92 Å². The fraction of sp³-hybridized carbons (Fsp3) is 0.297. The normalized spacial score (nSPS) is 12.6. The number of amides is 2. The van der Waals surface area contributed by atoms with Gasteiger partial charge in [-0.1, -0.05) is 104 Å². The van der Waals surface area contributed by atoms with Crippen LogP contribution < -0.4 is 9.62 Å². The minimum atomic E-state index is -4.12. The summed E-state index contributed by atoms with van der Waals surface area (Å²) >= 11 is 0. The second-order valence-corrected chi connectivity index (χ2v) is 13.2. The highest BCUT2D eigenvalue weighted by molar-refractivity contribution is 7.92. The van der Waals surface area contributed by atoms with Crippen molar-refractivity contribution >= 4 is 27.5 Å². The summed E-state index contributed by atoms with van der Waals surface area (Å²) in [7, 11) is -4.12. The number of rotatable bonds is 14. The van der Waals surface area contributed by atoms with E-state index >= 15 is 0 Å². The molecule has 0 aliphatic rings. The van der Waals surface area contributed by atoms with E-state index in [0.717, 1.165) is 39.4 Å². The van der Waals surface area contributed by atoms with E-state index in [-0.39, 0.29) is 29.8 Å². The molecule has 45 heavy (non-hydrogen) atoms. The Labute approximate surface area is 268 Å². The van der Waals surface area contributed by atoms with Gasteiger partial charge < -0.3 is 10.2 Å². The minimum Gasteiger partial charge on any atom is -0.352 e. The van der Waals surface area contributed by atoms with Crippen molar-refractivity contribution in [2.24, 2.45) is 0 Å². The lowest BCUT2D eigenvalue weighted by Gasteiger charge is -2.34. The Bertz CT molecular complexity index is 1660. The number of nitrogens with one attached hydrogen (secondary N) is 1. The van der Waals surface area contributed by atoms with Gasteiger partial charge in [0.15, 0.2) is 0 Å². The molecule has 4 rings (SSSR count). The van der Waals surface area contributed by atoms with Crippen molar-refractivity contribution in [3.05, 3.63) is 131 Å². The zero-order chi connectivity index (χ0) is 32.4. The van der Waals surface area contributed by atoms with Gasteiger partial charge in [-0.25, -0.2) is 8.42 Å². The smallest absolute Gasteiger partial charge is 0.264 e. The summed E-state index contributed by atoms with van der Waals surface area (Å²) in [5.74, 6) is -0.755. The largest absolute Gasteiger partial charge is 0.352 e. The predicted octanol–water partition coefficient (Wildman–Crippen LogP) is 6.31. The maximum atomic E-state index is 14.5. The molecule has 0 aliphatic heterocycles. The SMILES string of the molecule is CCc1ccc(N(CC(=O)N(Cc2cccc(C)c2)[C@@H](Cc2ccccc2)C(=O)N[C@@H](C)CC)S(=O)(=O)c2ccccc2)cc1. The summed E-state index contributed by atoms with van der Waals surface area (Å²) in [6, 6.07) is 31.7. The van der Waals surface area contributed by atoms with E-state index in [9.17, 15) is 18.0 Å². The van der Waals surface area contributed by atoms with Gasteiger partial charge in [-0.05, 0) is 67.6 Å². The summed E-state index contributed by atoms with van der Waals surface area (Å²) < 4.78 is 29.4. The van der Waals surface area contributed by atoms with E-state index in [0.29, 0.717) is 5.69 Å². The molecule has 8 heteroatoms. The number of carbonyl (C=O) groups is 2. The van der Waals surface area contributed by atoms with E-state index in [2.05, 4.69) is 5.32 Å². The molecule has 4 aromatic carbocycles. The first-order valence-corrected chi connectivity index (χ1v) is 16.9. The van der Waals surface area contributed by atoms with Gasteiger partial charge in [0.05, 0.1) is 10.6 Å². The molecule has 0 radical (unpaired) electrons. The van der Waals surface area contributed by atoms with Crippen LogP contribution in [0.15, 0.2) is 114 Å². The van der Waals surface area contributed by atoms with Crippen LogP contribution in [0.3, 0.4) is 0 Å². The maximum absolute atomic E-state index is 14.5. The van der Waals surface area contributed by atoms with Gasteiger partial charge in [0, 0.05) is 19.0 Å². The van der Waals surface area contributed by atoms with Crippen molar-refractivity contribution < 1.29 is 18.0 Å². The van der Waals surface area contributed by atoms with Crippen molar-refractivity contribution in [3.63, 3.8) is 0 Å². The predicted molar refractivity (Wildman–Crippen MR) is 180 cm³/mol. The van der Waals surface area contributed by atoms with E-state index in [4.69, 9.17) is 0 Å². The first kappa shape index (κ1) is 33.5. The first-order valence-electron chi connectivity index (χ1n) is 15.5. The third-order valence-electron chi connectivity index (χ3n) is 7.95. The van der Waals surface area contributed by atoms with Crippen molar-refractivity contribution in [2.45, 2.75) is 70.5 Å². The molecule has 0 saturated heterocycles. The van der Waals surface area contributed by atoms with Crippen molar-refractivity contribution in [2.75, 3.05) is 10.8 Å². The molecule has 1 N–H and O–H groups in total. The maximum Gasteiger partial charge on any atom is 0.264 e. The van der Waals surface area contributed by atoms with Crippen LogP contribution in [0.1, 0.15) is 49.4 Å². The topological polar surface area (TPSA) is 86.8 Å². The lowest BCUT2D eigenvalue weighted by atomic mass is 10.0. The zero-order valence-corrected chi connectivity index (χ0v) is 27.3. The van der Waals surface area contributed by atoms with Gasteiger partial charge in [-0.3, -0.25) is 13.9 Å². The van der Waals surface area contributed by atoms with Crippen LogP contribution in [-0.2, 0) is 39.0 Å². The van der Waals surface area contributed by atoms with Crippen LogP contribution in [0.4, 0.5) is 5.69 Å². The quantitative estimate of drug-likeness (QED) is 0.178. The fourth-order valence-electron chi connectivity index (χ4n) is 5.15. The summed E-state index contributed by atoms with van der Waals surface area (Å²) in [4.78, 5) is 30.1. The Hall–Kier alpha value is -4.43. The highest BCUT2D eigenvalue weighted by atomic mass is 32.2. The molecule has 0 unspecified atom stereocenters. The summed E-state index contributed by atoms with van der Waals surface area (Å²) in [6.45, 7) is 7.58. The molecule has 0 spiro atoms. The third-order valence-corrected chi connectivity index (χ3v) is 9.74. The zero-order valence-electron chi connectivity index (χ0n) is 26.5. The summed E-state index contributed by atoms with van der Waals surface area (Å²) in [5, 5.41) is 3.07. The second kappa shape index (κ2) is 15.5. The molecule has 4 aromatic rings. The monoisotopic (exact) mass is 625 g/mol. The molecule has 2 atom stereocenters. The number of nitrogens with zero attached hydrogens (tertiary/aromatic N) is 2. The summed E-state index contributed by atoms with van der Waals surface area (Å²) in [6.07, 6.45) is 1.80. The average molecular weight is 626 g/mol. The van der Waals surface area contributed by atoms with Crippen LogP contribution in [0.5, 0.6) is 0 Å². The van der Waals surface area contributed by atoms with Crippen LogP contribution in [0.25, 0.3) is 0 Å². The molecule has 0 bridgehead atoms. The molecule has 0 heterocycles. The van der Waals surface area contributed by atoms with E-state index < -0.39 is 28.5 Å². The Kier molecular flexibility index (Phi) is 11.5. The highest BCUT2D eigenvalue weighted by Crippen LogP contribution is 2.26. The van der Waals surface area contributed by atoms with Crippen molar-refractivity contribution in [1.29, 1.82) is 0 Å². The van der Waals surface area contributed by atoms with E-state index in [1.54, 1.807) is 30.3 Å². The Morgan fingerprint density at radius 2 is 1.40 bits per heavy atom. The van der Waals surface area contributed by atoms with Gasteiger partial charge in [0.1, 0.15) is 12.6 Å². The lowest BCUT2D eigenvalue weighted by Crippen LogP contribution is -2.54. The number of anilines is 1. The number of hydrogen-bond donors (Lipinski definition) is 1. The van der Waals surface area contributed by atoms with Crippen LogP contribution >= 0.6 is 0 Å². The van der Waals surface area contributed by atoms with E-state index in [1.807, 2.05) is 94.4 Å². The Morgan fingerprint density at radius 1 is 0.778 bits per heavy atom. The molecule has 2 amide bonds. The van der Waals surface area contributed by atoms with Crippen molar-refractivity contribution in [3.8, 4) is 0 Å². The molecule has 236 valence electrons. The fourth-order valence-corrected chi connectivity index (χ4v) is 6.58. The molecule has 0 saturated carbocycles. The van der Waals surface area contributed by atoms with Gasteiger partial charge in [-0.2, -0.15) is 0 Å². The molecular weight excluding hydrogens is 582 g/mol. The minimum absolute atomic E-state index is 0.0814. The van der Waals surface area contributed by atoms with Gasteiger partial charge in [0.25, 0.3) is 10.0 Å². The highest BCUT2D eigenvalue weighted by Gasteiger charge is 2.35. The average Bonchev–Trinajstić information content (AvgIpc) is 3.06. The van der Waals surface area contributed by atoms with Gasteiger partial charge in [-0.15, -0.1) is 0 Å². The van der Waals surface area contributed by atoms with Gasteiger partial charge >= 0.3 is 0 Å². The number of benzene rings is 4. The Balaban J connectivity index is 1.80. The van der Waals surface area contributed by atoms with Crippen LogP contribution in [0.2, 0.25) is 0 Å². The second-order valence-electron chi connectivity index (χ2n) is 11.4. The van der Waals surface area contributed by atoms with Crippen molar-refractivity contribution in [1.82, 2.24) is 10.2 Å². The molecule has 0 aromatic heterocycles. The number of sulfonamides is 1. The number of carbonyl (C=O) groups excluding carboxylic acids is 2. The molecule has 0 fully saturated rings. The standard InChI is InChI=1S/C37H43N3O4S/c1-5-29(4)38-37(42)35(25-31-15-9-7-10-16-31)39(26-32-17-13-14-28(3)24-32)36(41)27-40(33-22-20-30(6-2)21-23-33)45(43,44)34-18-11-8-12-19-34/h7-24,29,35H,5-6,25-27H2,1-4H3,(H,38,42)/t29-,35-/m0/s1. The number of hydrogen-bond acceptors (Lipinski definition) is 4. The van der Waals surface area contributed by atoms with Gasteiger partial charge in [0.2, 0.25) is 11.8 Å². The summed E-state index contributed by atoms with van der Waals surface area (Å²) in [5.41, 5.74) is 4.19. The van der Waals surface area contributed by atoms with Crippen LogP contribution in [-0.4, -0.2) is 43.8 Å². The lowest BCUT2D eigenvalue weighted by molar-refractivity contribution is -0.140. The molecule has 0 aliphatic carbocycles. The number of aryl methyl sites for hydroxylation is 2. The Morgan fingerprint density at radius 3 is 2.00 bits per heavy atom. The molecule has 7 nitrogen and oxygen atoms in total. The first-order chi connectivity index (χ1) is 21.6. The third kappa shape index (κ3) is 8.82. The van der Waals surface area contributed by atoms with E-state index in [1.165, 1.54) is 17.0 Å².